The van der Waals surface area contributed by atoms with Crippen molar-refractivity contribution in [3.63, 3.8) is 0 Å². The average molecular weight is 271 g/mol. The molecule has 2 aliphatic rings. The number of nitrogens with one attached hydrogen (secondary N) is 1. The lowest BCUT2D eigenvalue weighted by atomic mass is 9.91. The van der Waals surface area contributed by atoms with Crippen LogP contribution in [0.3, 0.4) is 0 Å². The zero-order valence-electron chi connectivity index (χ0n) is 11.2. The minimum Gasteiger partial charge on any atom is -0.440 e. The summed E-state index contributed by atoms with van der Waals surface area (Å²) in [5.74, 6) is 0.621. The van der Waals surface area contributed by atoms with Gasteiger partial charge in [0.2, 0.25) is 0 Å². The summed E-state index contributed by atoms with van der Waals surface area (Å²) in [4.78, 5) is 16.0. The summed E-state index contributed by atoms with van der Waals surface area (Å²) >= 11 is 0. The van der Waals surface area contributed by atoms with Crippen LogP contribution in [0.1, 0.15) is 47.8 Å². The monoisotopic (exact) mass is 271 g/mol. The molecule has 5 heteroatoms. The molecule has 1 aliphatic carbocycles. The highest BCUT2D eigenvalue weighted by atomic mass is 16.3. The largest absolute Gasteiger partial charge is 0.440 e. The summed E-state index contributed by atoms with van der Waals surface area (Å²) in [5, 5.41) is 3.59. The second-order valence-corrected chi connectivity index (χ2v) is 5.97. The molecule has 1 saturated heterocycles. The van der Waals surface area contributed by atoms with Crippen LogP contribution in [0, 0.1) is 0 Å². The van der Waals surface area contributed by atoms with Crippen LogP contribution in [0.25, 0.3) is 11.1 Å². The number of primary amides is 1. The normalized spacial score (nSPS) is 24.1. The Hall–Kier alpha value is -1.88. The molecule has 0 bridgehead atoms. The highest BCUT2D eigenvalue weighted by molar-refractivity contribution is 6.03. The van der Waals surface area contributed by atoms with Crippen molar-refractivity contribution < 1.29 is 9.21 Å². The number of amides is 1. The maximum absolute atomic E-state index is 11.4. The first-order valence-corrected chi connectivity index (χ1v) is 7.11. The summed E-state index contributed by atoms with van der Waals surface area (Å²) in [7, 11) is 0. The Morgan fingerprint density at radius 3 is 3.05 bits per heavy atom. The van der Waals surface area contributed by atoms with E-state index in [-0.39, 0.29) is 0 Å². The zero-order chi connectivity index (χ0) is 13.7. The van der Waals surface area contributed by atoms with Crippen LogP contribution in [0.2, 0.25) is 0 Å². The van der Waals surface area contributed by atoms with Crippen LogP contribution < -0.4 is 11.1 Å². The third-order valence-corrected chi connectivity index (χ3v) is 4.53. The van der Waals surface area contributed by atoms with Crippen molar-refractivity contribution in [2.45, 2.75) is 37.1 Å². The Kier molecular flexibility index (Phi) is 2.41. The first-order valence-electron chi connectivity index (χ1n) is 7.11. The van der Waals surface area contributed by atoms with E-state index in [1.54, 1.807) is 12.1 Å². The molecule has 1 aliphatic heterocycles. The molecule has 104 valence electrons. The number of benzene rings is 1. The van der Waals surface area contributed by atoms with E-state index < -0.39 is 5.91 Å². The Morgan fingerprint density at radius 2 is 2.30 bits per heavy atom. The van der Waals surface area contributed by atoms with Gasteiger partial charge in [-0.15, -0.1) is 0 Å². The van der Waals surface area contributed by atoms with Crippen LogP contribution in [-0.2, 0) is 0 Å². The van der Waals surface area contributed by atoms with Gasteiger partial charge in [0.05, 0.1) is 5.56 Å². The molecule has 2 aromatic rings. The van der Waals surface area contributed by atoms with Crippen molar-refractivity contribution in [2.75, 3.05) is 6.54 Å². The predicted molar refractivity (Wildman–Crippen MR) is 74.5 cm³/mol. The number of aromatic nitrogens is 1. The molecular weight excluding hydrogens is 254 g/mol. The summed E-state index contributed by atoms with van der Waals surface area (Å²) in [6, 6.07) is 5.34. The van der Waals surface area contributed by atoms with E-state index in [1.807, 2.05) is 6.07 Å². The molecule has 1 atom stereocenters. The molecule has 1 spiro atoms. The van der Waals surface area contributed by atoms with Crippen molar-refractivity contribution in [3.8, 4) is 0 Å². The van der Waals surface area contributed by atoms with Gasteiger partial charge in [0.15, 0.2) is 11.5 Å². The van der Waals surface area contributed by atoms with E-state index in [4.69, 9.17) is 10.2 Å². The van der Waals surface area contributed by atoms with Crippen molar-refractivity contribution >= 4 is 17.0 Å². The molecule has 3 N–H and O–H groups in total. The number of carbonyl (C=O) groups is 1. The van der Waals surface area contributed by atoms with Gasteiger partial charge < -0.3 is 15.5 Å². The average Bonchev–Trinajstić information content (AvgIpc) is 3.04. The number of nitrogens with zero attached hydrogens (tertiary/aromatic N) is 1. The number of oxazole rings is 1. The zero-order valence-corrected chi connectivity index (χ0v) is 11.2. The Labute approximate surface area is 116 Å². The quantitative estimate of drug-likeness (QED) is 0.874. The molecule has 4 rings (SSSR count). The molecule has 2 fully saturated rings. The van der Waals surface area contributed by atoms with E-state index >= 15 is 0 Å². The number of rotatable bonds is 2. The van der Waals surface area contributed by atoms with Crippen LogP contribution in [0.15, 0.2) is 22.6 Å². The van der Waals surface area contributed by atoms with Gasteiger partial charge in [0.25, 0.3) is 5.91 Å². The molecule has 20 heavy (non-hydrogen) atoms. The van der Waals surface area contributed by atoms with Crippen molar-refractivity contribution in [1.29, 1.82) is 0 Å². The number of hydrogen-bond donors (Lipinski definition) is 2. The van der Waals surface area contributed by atoms with Gasteiger partial charge in [-0.2, -0.15) is 0 Å². The fraction of sp³-hybridized carbons (Fsp3) is 0.467. The van der Waals surface area contributed by atoms with Crippen LogP contribution >= 0.6 is 0 Å². The fourth-order valence-electron chi connectivity index (χ4n) is 3.23. The van der Waals surface area contributed by atoms with Gasteiger partial charge in [-0.1, -0.05) is 6.07 Å². The lowest BCUT2D eigenvalue weighted by molar-refractivity contribution is 0.100. The number of carbonyl (C=O) groups excluding carboxylic acids is 1. The van der Waals surface area contributed by atoms with E-state index in [2.05, 4.69) is 10.3 Å². The van der Waals surface area contributed by atoms with Crippen LogP contribution in [-0.4, -0.2) is 23.0 Å². The van der Waals surface area contributed by atoms with Gasteiger partial charge in [-0.25, -0.2) is 4.98 Å². The summed E-state index contributed by atoms with van der Waals surface area (Å²) in [5.41, 5.74) is 7.37. The third kappa shape index (κ3) is 1.81. The Balaban J connectivity index is 1.73. The van der Waals surface area contributed by atoms with Crippen molar-refractivity contribution in [3.05, 3.63) is 29.7 Å². The van der Waals surface area contributed by atoms with Gasteiger partial charge >= 0.3 is 0 Å². The van der Waals surface area contributed by atoms with Gasteiger partial charge in [-0.3, -0.25) is 4.79 Å². The van der Waals surface area contributed by atoms with E-state index in [1.165, 1.54) is 12.8 Å². The Bertz CT molecular complexity index is 687. The first kappa shape index (κ1) is 11.9. The molecule has 2 heterocycles. The molecule has 1 amide bonds. The van der Waals surface area contributed by atoms with Gasteiger partial charge in [-0.05, 0) is 44.4 Å². The van der Waals surface area contributed by atoms with Gasteiger partial charge in [0, 0.05) is 11.5 Å². The molecular formula is C15H17N3O2. The van der Waals surface area contributed by atoms with Crippen LogP contribution in [0.5, 0.6) is 0 Å². The SMILES string of the molecule is NC(=O)c1cccc2nc(C3CCNC4(CC4)C3)oc12. The Morgan fingerprint density at radius 1 is 1.45 bits per heavy atom. The van der Waals surface area contributed by atoms with E-state index in [9.17, 15) is 4.79 Å². The summed E-state index contributed by atoms with van der Waals surface area (Å²) in [6.07, 6.45) is 4.60. The van der Waals surface area contributed by atoms with Gasteiger partial charge in [0.1, 0.15) is 5.52 Å². The second kappa shape index (κ2) is 4.06. The smallest absolute Gasteiger partial charge is 0.252 e. The third-order valence-electron chi connectivity index (χ3n) is 4.53. The predicted octanol–water partition coefficient (Wildman–Crippen LogP) is 1.93. The lowest BCUT2D eigenvalue weighted by Gasteiger charge is -2.28. The maximum Gasteiger partial charge on any atom is 0.252 e. The molecule has 1 unspecified atom stereocenters. The summed E-state index contributed by atoms with van der Waals surface area (Å²) < 4.78 is 5.88. The van der Waals surface area contributed by atoms with Crippen molar-refractivity contribution in [2.24, 2.45) is 5.73 Å². The summed E-state index contributed by atoms with van der Waals surface area (Å²) in [6.45, 7) is 1.01. The van der Waals surface area contributed by atoms with Crippen LogP contribution in [0.4, 0.5) is 0 Å². The number of fused-ring (bicyclic) bond motifs is 1. The first-order chi connectivity index (χ1) is 9.67. The number of nitrogens with two attached hydrogens (primary N) is 1. The maximum atomic E-state index is 11.4. The second-order valence-electron chi connectivity index (χ2n) is 5.97. The molecule has 1 aromatic heterocycles. The number of para-hydroxylation sites is 1. The lowest BCUT2D eigenvalue weighted by Crippen LogP contribution is -2.39. The molecule has 0 radical (unpaired) electrons. The van der Waals surface area contributed by atoms with E-state index in [0.717, 1.165) is 30.8 Å². The topological polar surface area (TPSA) is 81.2 Å². The molecule has 5 nitrogen and oxygen atoms in total. The fourth-order valence-corrected chi connectivity index (χ4v) is 3.23. The standard InChI is InChI=1S/C15H17N3O2/c16-13(19)10-2-1-3-11-12(10)20-14(18-11)9-4-7-17-15(8-9)5-6-15/h1-3,9,17H,4-8H2,(H2,16,19). The molecule has 1 saturated carbocycles. The molecule has 1 aromatic carbocycles. The number of hydrogen-bond acceptors (Lipinski definition) is 4. The minimum absolute atomic E-state index is 0.329. The van der Waals surface area contributed by atoms with Crippen molar-refractivity contribution in [1.82, 2.24) is 10.3 Å². The highest BCUT2D eigenvalue weighted by Gasteiger charge is 2.47. The minimum atomic E-state index is -0.470. The number of piperidine rings is 1. The highest BCUT2D eigenvalue weighted by Crippen LogP contribution is 2.47. The van der Waals surface area contributed by atoms with E-state index in [0.29, 0.717) is 22.6 Å².